The third kappa shape index (κ3) is 1.70. The van der Waals surface area contributed by atoms with Crippen molar-refractivity contribution in [3.8, 4) is 6.07 Å². The maximum absolute atomic E-state index is 11.9. The van der Waals surface area contributed by atoms with Gasteiger partial charge in [-0.15, -0.1) is 0 Å². The highest BCUT2D eigenvalue weighted by Gasteiger charge is 2.50. The van der Waals surface area contributed by atoms with Crippen molar-refractivity contribution in [2.24, 2.45) is 5.41 Å². The number of nitriles is 1. The third-order valence-electron chi connectivity index (χ3n) is 3.76. The Morgan fingerprint density at radius 1 is 1.29 bits per heavy atom. The van der Waals surface area contributed by atoms with Crippen LogP contribution in [0, 0.1) is 16.7 Å². The van der Waals surface area contributed by atoms with E-state index < -0.39 is 5.41 Å². The molecule has 1 N–H and O–H groups in total. The van der Waals surface area contributed by atoms with E-state index in [-0.39, 0.29) is 5.91 Å². The van der Waals surface area contributed by atoms with Gasteiger partial charge >= 0.3 is 0 Å². The predicted molar refractivity (Wildman–Crippen MR) is 64.4 cm³/mol. The molecule has 86 valence electrons. The highest BCUT2D eigenvalue weighted by molar-refractivity contribution is 5.99. The summed E-state index contributed by atoms with van der Waals surface area (Å²) in [5.74, 6) is -0.141. The fourth-order valence-electron chi connectivity index (χ4n) is 2.41. The average Bonchev–Trinajstić information content (AvgIpc) is 3.01. The number of fused-ring (bicyclic) bond motifs is 1. The number of carbonyl (C=O) groups is 1. The molecule has 0 radical (unpaired) electrons. The molecule has 1 fully saturated rings. The number of hydrogen-bond donors (Lipinski definition) is 1. The first-order valence-electron chi connectivity index (χ1n) is 6.08. The lowest BCUT2D eigenvalue weighted by Crippen LogP contribution is -2.22. The molecule has 0 aliphatic heterocycles. The summed E-state index contributed by atoms with van der Waals surface area (Å²) in [7, 11) is 0. The normalized spacial score (nSPS) is 19.2. The van der Waals surface area contributed by atoms with Gasteiger partial charge in [-0.3, -0.25) is 4.79 Å². The molecule has 1 amide bonds. The molecular weight excluding hydrogens is 212 g/mol. The van der Waals surface area contributed by atoms with Crippen molar-refractivity contribution in [1.29, 1.82) is 5.26 Å². The van der Waals surface area contributed by atoms with Crippen LogP contribution in [0.25, 0.3) is 0 Å². The molecule has 2 aliphatic carbocycles. The molecule has 0 saturated heterocycles. The number of rotatable bonds is 2. The molecule has 3 nitrogen and oxygen atoms in total. The Morgan fingerprint density at radius 3 is 2.76 bits per heavy atom. The standard InChI is InChI=1S/C14H14N2O/c15-9-14(6-7-14)13(17)16-12-5-4-10-2-1-3-11(10)8-12/h4-5,8H,1-3,6-7H2,(H,16,17). The van der Waals surface area contributed by atoms with Gasteiger partial charge in [-0.25, -0.2) is 0 Å². The summed E-state index contributed by atoms with van der Waals surface area (Å²) in [6.07, 6.45) is 4.84. The van der Waals surface area contributed by atoms with E-state index in [1.807, 2.05) is 12.1 Å². The van der Waals surface area contributed by atoms with Crippen molar-refractivity contribution in [3.63, 3.8) is 0 Å². The van der Waals surface area contributed by atoms with Crippen LogP contribution in [-0.2, 0) is 17.6 Å². The number of amides is 1. The molecule has 0 heterocycles. The molecule has 17 heavy (non-hydrogen) atoms. The molecule has 0 aromatic heterocycles. The lowest BCUT2D eigenvalue weighted by molar-refractivity contribution is -0.119. The van der Waals surface area contributed by atoms with E-state index in [2.05, 4.69) is 17.5 Å². The number of benzene rings is 1. The van der Waals surface area contributed by atoms with Crippen molar-refractivity contribution in [2.75, 3.05) is 5.32 Å². The zero-order valence-electron chi connectivity index (χ0n) is 9.62. The molecule has 2 aliphatic rings. The second-order valence-corrected chi connectivity index (χ2v) is 4.99. The molecule has 3 rings (SSSR count). The smallest absolute Gasteiger partial charge is 0.244 e. The Morgan fingerprint density at radius 2 is 2.06 bits per heavy atom. The summed E-state index contributed by atoms with van der Waals surface area (Å²) >= 11 is 0. The van der Waals surface area contributed by atoms with Crippen molar-refractivity contribution in [1.82, 2.24) is 0 Å². The minimum Gasteiger partial charge on any atom is -0.325 e. The highest BCUT2D eigenvalue weighted by Crippen LogP contribution is 2.45. The van der Waals surface area contributed by atoms with Gasteiger partial charge in [0.25, 0.3) is 0 Å². The largest absolute Gasteiger partial charge is 0.325 e. The van der Waals surface area contributed by atoms with Crippen LogP contribution in [0.3, 0.4) is 0 Å². The van der Waals surface area contributed by atoms with Crippen molar-refractivity contribution < 1.29 is 4.79 Å². The van der Waals surface area contributed by atoms with Gasteiger partial charge in [-0.1, -0.05) is 6.07 Å². The molecule has 1 saturated carbocycles. The lowest BCUT2D eigenvalue weighted by atomic mass is 10.1. The second kappa shape index (κ2) is 3.59. The zero-order valence-corrected chi connectivity index (χ0v) is 9.62. The maximum atomic E-state index is 11.9. The molecule has 0 unspecified atom stereocenters. The number of anilines is 1. The van der Waals surface area contributed by atoms with E-state index >= 15 is 0 Å². The second-order valence-electron chi connectivity index (χ2n) is 4.99. The number of nitrogens with zero attached hydrogens (tertiary/aromatic N) is 1. The van der Waals surface area contributed by atoms with Crippen molar-refractivity contribution in [2.45, 2.75) is 32.1 Å². The minimum atomic E-state index is -0.737. The van der Waals surface area contributed by atoms with Gasteiger partial charge in [0.05, 0.1) is 6.07 Å². The molecule has 0 bridgehead atoms. The summed E-state index contributed by atoms with van der Waals surface area (Å²) in [5, 5.41) is 11.8. The van der Waals surface area contributed by atoms with Crippen LogP contribution in [0.1, 0.15) is 30.4 Å². The molecule has 1 aromatic rings. The quantitative estimate of drug-likeness (QED) is 0.842. The van der Waals surface area contributed by atoms with Crippen LogP contribution >= 0.6 is 0 Å². The van der Waals surface area contributed by atoms with E-state index in [9.17, 15) is 4.79 Å². The third-order valence-corrected chi connectivity index (χ3v) is 3.76. The average molecular weight is 226 g/mol. The first-order chi connectivity index (χ1) is 8.23. The van der Waals surface area contributed by atoms with Crippen LogP contribution in [0.2, 0.25) is 0 Å². The van der Waals surface area contributed by atoms with Gasteiger partial charge in [-0.05, 0) is 55.4 Å². The Kier molecular flexibility index (Phi) is 2.19. The topological polar surface area (TPSA) is 52.9 Å². The van der Waals surface area contributed by atoms with Gasteiger partial charge in [0.1, 0.15) is 5.41 Å². The number of nitrogens with one attached hydrogen (secondary N) is 1. The number of hydrogen-bond acceptors (Lipinski definition) is 2. The fraction of sp³-hybridized carbons (Fsp3) is 0.429. The van der Waals surface area contributed by atoms with Crippen molar-refractivity contribution >= 4 is 11.6 Å². The van der Waals surface area contributed by atoms with E-state index in [1.54, 1.807) is 0 Å². The van der Waals surface area contributed by atoms with Crippen LogP contribution < -0.4 is 5.32 Å². The predicted octanol–water partition coefficient (Wildman–Crippen LogP) is 2.42. The van der Waals surface area contributed by atoms with Gasteiger partial charge in [0, 0.05) is 5.69 Å². The van der Waals surface area contributed by atoms with Gasteiger partial charge in [0.2, 0.25) is 5.91 Å². The summed E-state index contributed by atoms with van der Waals surface area (Å²) < 4.78 is 0. The van der Waals surface area contributed by atoms with E-state index in [1.165, 1.54) is 17.5 Å². The minimum absolute atomic E-state index is 0.141. The molecule has 1 aromatic carbocycles. The summed E-state index contributed by atoms with van der Waals surface area (Å²) in [5.41, 5.74) is 2.82. The summed E-state index contributed by atoms with van der Waals surface area (Å²) in [4.78, 5) is 11.9. The van der Waals surface area contributed by atoms with Crippen molar-refractivity contribution in [3.05, 3.63) is 29.3 Å². The Labute approximate surface area is 100 Å². The van der Waals surface area contributed by atoms with Crippen LogP contribution in [0.15, 0.2) is 18.2 Å². The summed E-state index contributed by atoms with van der Waals surface area (Å²) in [6.45, 7) is 0. The van der Waals surface area contributed by atoms with Crippen LogP contribution in [0.5, 0.6) is 0 Å². The zero-order chi connectivity index (χ0) is 11.9. The maximum Gasteiger partial charge on any atom is 0.244 e. The molecule has 0 spiro atoms. The Bertz CT molecular complexity index is 524. The highest BCUT2D eigenvalue weighted by atomic mass is 16.2. The van der Waals surface area contributed by atoms with Crippen LogP contribution in [0.4, 0.5) is 5.69 Å². The van der Waals surface area contributed by atoms with E-state index in [0.717, 1.165) is 18.5 Å². The molecule has 3 heteroatoms. The monoisotopic (exact) mass is 226 g/mol. The Hall–Kier alpha value is -1.82. The fourth-order valence-corrected chi connectivity index (χ4v) is 2.41. The van der Waals surface area contributed by atoms with Gasteiger partial charge < -0.3 is 5.32 Å². The summed E-state index contributed by atoms with van der Waals surface area (Å²) in [6, 6.07) is 8.19. The number of aryl methyl sites for hydroxylation is 2. The molecular formula is C14H14N2O. The van der Waals surface area contributed by atoms with Gasteiger partial charge in [0.15, 0.2) is 0 Å². The lowest BCUT2D eigenvalue weighted by Gasteiger charge is -2.09. The first kappa shape index (κ1) is 10.3. The van der Waals surface area contributed by atoms with Gasteiger partial charge in [-0.2, -0.15) is 5.26 Å². The van der Waals surface area contributed by atoms with E-state index in [0.29, 0.717) is 12.8 Å². The Balaban J connectivity index is 1.78. The van der Waals surface area contributed by atoms with E-state index in [4.69, 9.17) is 5.26 Å². The SMILES string of the molecule is N#CC1(C(=O)Nc2ccc3c(c2)CCC3)CC1. The first-order valence-corrected chi connectivity index (χ1v) is 6.08. The molecule has 0 atom stereocenters. The number of carbonyl (C=O) groups excluding carboxylic acids is 1. The van der Waals surface area contributed by atoms with Crippen LogP contribution in [-0.4, -0.2) is 5.91 Å².